The third-order valence-electron chi connectivity index (χ3n) is 4.44. The standard InChI is InChI=1S/C21H36N2O2/c1-7-12-22-21(24)16-23(5,6)13-8-9-14-25-20-15-19(17(2)3)11-10-18(20)4/h10-11,15,17H,7-9,12-14,16H2,1-6H3/p+1. The Morgan fingerprint density at radius 2 is 1.96 bits per heavy atom. The van der Waals surface area contributed by atoms with Crippen molar-refractivity contribution in [3.8, 4) is 5.75 Å². The zero-order valence-corrected chi connectivity index (χ0v) is 17.0. The Morgan fingerprint density at radius 3 is 2.60 bits per heavy atom. The van der Waals surface area contributed by atoms with E-state index in [2.05, 4.69) is 65.3 Å². The molecule has 1 N–H and O–H groups in total. The molecule has 1 aromatic rings. The van der Waals surface area contributed by atoms with Gasteiger partial charge >= 0.3 is 0 Å². The molecule has 4 nitrogen and oxygen atoms in total. The molecule has 1 rings (SSSR count). The summed E-state index contributed by atoms with van der Waals surface area (Å²) in [5.41, 5.74) is 2.50. The van der Waals surface area contributed by atoms with Gasteiger partial charge in [0.25, 0.3) is 5.91 Å². The van der Waals surface area contributed by atoms with Crippen LogP contribution in [0.4, 0.5) is 0 Å². The summed E-state index contributed by atoms with van der Waals surface area (Å²) < 4.78 is 6.71. The van der Waals surface area contributed by atoms with Crippen molar-refractivity contribution < 1.29 is 14.0 Å². The van der Waals surface area contributed by atoms with Crippen molar-refractivity contribution in [1.29, 1.82) is 0 Å². The second kappa shape index (κ2) is 10.4. The molecule has 1 amide bonds. The highest BCUT2D eigenvalue weighted by Crippen LogP contribution is 2.24. The molecule has 0 saturated carbocycles. The quantitative estimate of drug-likeness (QED) is 0.486. The summed E-state index contributed by atoms with van der Waals surface area (Å²) in [6.45, 7) is 11.6. The molecule has 0 spiro atoms. The van der Waals surface area contributed by atoms with E-state index in [1.165, 1.54) is 11.1 Å². The molecule has 0 radical (unpaired) electrons. The average molecular weight is 350 g/mol. The summed E-state index contributed by atoms with van der Waals surface area (Å²) in [7, 11) is 4.23. The van der Waals surface area contributed by atoms with Crippen LogP contribution in [0, 0.1) is 6.92 Å². The number of hydrogen-bond acceptors (Lipinski definition) is 2. The molecule has 1 aromatic carbocycles. The lowest BCUT2D eigenvalue weighted by Gasteiger charge is -2.29. The van der Waals surface area contributed by atoms with Crippen molar-refractivity contribution >= 4 is 5.91 Å². The molecule has 0 heterocycles. The molecular formula is C21H37N2O2+. The second-order valence-corrected chi connectivity index (χ2v) is 7.90. The number of likely N-dealkylation sites (N-methyl/N-ethyl adjacent to an activating group) is 1. The molecule has 25 heavy (non-hydrogen) atoms. The van der Waals surface area contributed by atoms with Gasteiger partial charge in [-0.3, -0.25) is 4.79 Å². The Labute approximate surface area is 154 Å². The van der Waals surface area contributed by atoms with Crippen LogP contribution in [0.5, 0.6) is 5.75 Å². The van der Waals surface area contributed by atoms with Gasteiger partial charge in [0.05, 0.1) is 27.2 Å². The fraction of sp³-hybridized carbons (Fsp3) is 0.667. The summed E-state index contributed by atoms with van der Waals surface area (Å²) >= 11 is 0. The monoisotopic (exact) mass is 349 g/mol. The molecule has 0 fully saturated rings. The topological polar surface area (TPSA) is 38.3 Å². The highest BCUT2D eigenvalue weighted by atomic mass is 16.5. The van der Waals surface area contributed by atoms with E-state index in [1.54, 1.807) is 0 Å². The molecular weight excluding hydrogens is 312 g/mol. The van der Waals surface area contributed by atoms with Gasteiger partial charge in [-0.25, -0.2) is 0 Å². The fourth-order valence-electron chi connectivity index (χ4n) is 2.74. The minimum Gasteiger partial charge on any atom is -0.493 e. The highest BCUT2D eigenvalue weighted by molar-refractivity contribution is 5.76. The largest absolute Gasteiger partial charge is 0.493 e. The molecule has 0 saturated heterocycles. The predicted octanol–water partition coefficient (Wildman–Crippen LogP) is 3.88. The first kappa shape index (κ1) is 21.5. The maximum Gasteiger partial charge on any atom is 0.275 e. The summed E-state index contributed by atoms with van der Waals surface area (Å²) in [5.74, 6) is 1.66. The number of rotatable bonds is 11. The summed E-state index contributed by atoms with van der Waals surface area (Å²) in [4.78, 5) is 11.9. The van der Waals surface area contributed by atoms with E-state index in [1.807, 2.05) is 0 Å². The lowest BCUT2D eigenvalue weighted by atomic mass is 10.0. The minimum absolute atomic E-state index is 0.143. The van der Waals surface area contributed by atoms with Gasteiger partial charge in [0.15, 0.2) is 6.54 Å². The number of benzene rings is 1. The predicted molar refractivity (Wildman–Crippen MR) is 105 cm³/mol. The zero-order valence-electron chi connectivity index (χ0n) is 17.0. The first-order chi connectivity index (χ1) is 11.7. The summed E-state index contributed by atoms with van der Waals surface area (Å²) in [6, 6.07) is 6.48. The number of unbranched alkanes of at least 4 members (excludes halogenated alkanes) is 1. The van der Waals surface area contributed by atoms with Crippen LogP contribution < -0.4 is 10.1 Å². The third kappa shape index (κ3) is 8.39. The zero-order chi connectivity index (χ0) is 18.9. The normalized spacial score (nSPS) is 11.6. The number of amides is 1. The number of quaternary nitrogens is 1. The van der Waals surface area contributed by atoms with Crippen molar-refractivity contribution in [2.24, 2.45) is 0 Å². The van der Waals surface area contributed by atoms with Crippen LogP contribution in [0.3, 0.4) is 0 Å². The number of ether oxygens (including phenoxy) is 1. The molecule has 4 heteroatoms. The van der Waals surface area contributed by atoms with Crippen LogP contribution in [0.15, 0.2) is 18.2 Å². The number of hydrogen-bond donors (Lipinski definition) is 1. The van der Waals surface area contributed by atoms with E-state index >= 15 is 0 Å². The van der Waals surface area contributed by atoms with Crippen LogP contribution in [0.2, 0.25) is 0 Å². The number of nitrogens with one attached hydrogen (secondary N) is 1. The molecule has 0 aliphatic heterocycles. The third-order valence-corrected chi connectivity index (χ3v) is 4.44. The SMILES string of the molecule is CCCNC(=O)C[N+](C)(C)CCCCOc1cc(C(C)C)ccc1C. The van der Waals surface area contributed by atoms with E-state index in [-0.39, 0.29) is 5.91 Å². The lowest BCUT2D eigenvalue weighted by Crippen LogP contribution is -2.48. The van der Waals surface area contributed by atoms with E-state index in [4.69, 9.17) is 4.74 Å². The Morgan fingerprint density at radius 1 is 1.24 bits per heavy atom. The first-order valence-corrected chi connectivity index (χ1v) is 9.57. The molecule has 0 aliphatic carbocycles. The van der Waals surface area contributed by atoms with E-state index < -0.39 is 0 Å². The maximum absolute atomic E-state index is 11.9. The van der Waals surface area contributed by atoms with Crippen molar-refractivity contribution in [3.63, 3.8) is 0 Å². The van der Waals surface area contributed by atoms with E-state index in [9.17, 15) is 4.79 Å². The van der Waals surface area contributed by atoms with Crippen LogP contribution in [-0.4, -0.2) is 50.7 Å². The van der Waals surface area contributed by atoms with Gasteiger partial charge in [0.1, 0.15) is 5.75 Å². The van der Waals surface area contributed by atoms with Crippen LogP contribution in [-0.2, 0) is 4.79 Å². The van der Waals surface area contributed by atoms with Crippen LogP contribution in [0.1, 0.15) is 57.1 Å². The molecule has 142 valence electrons. The van der Waals surface area contributed by atoms with Crippen molar-refractivity contribution in [1.82, 2.24) is 5.32 Å². The van der Waals surface area contributed by atoms with Gasteiger partial charge < -0.3 is 14.5 Å². The Bertz CT molecular complexity index is 539. The lowest BCUT2D eigenvalue weighted by molar-refractivity contribution is -0.882. The molecule has 0 atom stereocenters. The maximum atomic E-state index is 11.9. The smallest absolute Gasteiger partial charge is 0.275 e. The average Bonchev–Trinajstić information content (AvgIpc) is 2.53. The molecule has 0 aliphatic rings. The van der Waals surface area contributed by atoms with E-state index in [0.29, 0.717) is 12.5 Å². The number of aryl methyl sites for hydroxylation is 1. The highest BCUT2D eigenvalue weighted by Gasteiger charge is 2.19. The van der Waals surface area contributed by atoms with E-state index in [0.717, 1.165) is 49.2 Å². The van der Waals surface area contributed by atoms with Crippen molar-refractivity contribution in [3.05, 3.63) is 29.3 Å². The van der Waals surface area contributed by atoms with Crippen LogP contribution in [0.25, 0.3) is 0 Å². The van der Waals surface area contributed by atoms with Crippen LogP contribution >= 0.6 is 0 Å². The Balaban J connectivity index is 2.34. The minimum atomic E-state index is 0.143. The van der Waals surface area contributed by atoms with Crippen molar-refractivity contribution in [2.45, 2.75) is 52.9 Å². The fourth-order valence-corrected chi connectivity index (χ4v) is 2.74. The summed E-state index contributed by atoms with van der Waals surface area (Å²) in [6.07, 6.45) is 3.04. The van der Waals surface area contributed by atoms with Gasteiger partial charge in [-0.2, -0.15) is 0 Å². The number of carbonyl (C=O) groups is 1. The molecule has 0 unspecified atom stereocenters. The molecule has 0 bridgehead atoms. The second-order valence-electron chi connectivity index (χ2n) is 7.90. The Hall–Kier alpha value is -1.55. The first-order valence-electron chi connectivity index (χ1n) is 9.57. The van der Waals surface area contributed by atoms with Gasteiger partial charge in [-0.1, -0.05) is 32.9 Å². The van der Waals surface area contributed by atoms with Gasteiger partial charge in [-0.05, 0) is 49.3 Å². The van der Waals surface area contributed by atoms with Gasteiger partial charge in [0, 0.05) is 6.54 Å². The Kier molecular flexibility index (Phi) is 8.98. The van der Waals surface area contributed by atoms with Gasteiger partial charge in [0.2, 0.25) is 0 Å². The van der Waals surface area contributed by atoms with Crippen molar-refractivity contribution in [2.75, 3.05) is 40.3 Å². The van der Waals surface area contributed by atoms with Gasteiger partial charge in [-0.15, -0.1) is 0 Å². The number of carbonyl (C=O) groups excluding carboxylic acids is 1. The number of nitrogens with zero attached hydrogens (tertiary/aromatic N) is 1. The summed E-state index contributed by atoms with van der Waals surface area (Å²) in [5, 5.41) is 2.95. The molecule has 0 aromatic heterocycles.